The molecule has 4 rings (SSSR count). The van der Waals surface area contributed by atoms with E-state index in [4.69, 9.17) is 9.72 Å². The Balaban J connectivity index is 1.38. The zero-order valence-electron chi connectivity index (χ0n) is 19.8. The van der Waals surface area contributed by atoms with Crippen molar-refractivity contribution < 1.29 is 4.74 Å². The van der Waals surface area contributed by atoms with Crippen LogP contribution in [0.15, 0.2) is 72.8 Å². The molecule has 3 aromatic carbocycles. The number of ether oxygens (including phenoxy) is 1. The van der Waals surface area contributed by atoms with Crippen LogP contribution in [0.5, 0.6) is 5.75 Å². The van der Waals surface area contributed by atoms with E-state index < -0.39 is 0 Å². The van der Waals surface area contributed by atoms with E-state index in [1.165, 1.54) is 22.2 Å². The molecule has 4 aromatic rings. The molecule has 0 bridgehead atoms. The molecule has 0 saturated heterocycles. The summed E-state index contributed by atoms with van der Waals surface area (Å²) in [6.07, 6.45) is 2.93. The molecular formula is C29H34N2O. The minimum Gasteiger partial charge on any atom is -0.494 e. The Kier molecular flexibility index (Phi) is 6.64. The molecule has 0 aliphatic rings. The fourth-order valence-electron chi connectivity index (χ4n) is 4.10. The SMILES string of the molecule is Cc1ccccc1Cc1nc2ccccc2n1CCCCOc1ccc(C(C)(C)C)cc1. The van der Waals surface area contributed by atoms with Crippen LogP contribution in [0.3, 0.4) is 0 Å². The van der Waals surface area contributed by atoms with Crippen LogP contribution in [-0.2, 0) is 18.4 Å². The minimum atomic E-state index is 0.169. The maximum atomic E-state index is 6.00. The number of aromatic nitrogens is 2. The summed E-state index contributed by atoms with van der Waals surface area (Å²) in [6.45, 7) is 10.6. The van der Waals surface area contributed by atoms with Crippen molar-refractivity contribution in [3.05, 3.63) is 95.3 Å². The third-order valence-corrected chi connectivity index (χ3v) is 6.11. The number of aryl methyl sites for hydroxylation is 2. The molecule has 0 aliphatic carbocycles. The van der Waals surface area contributed by atoms with Crippen LogP contribution in [0.1, 0.15) is 56.1 Å². The minimum absolute atomic E-state index is 0.169. The van der Waals surface area contributed by atoms with Crippen LogP contribution < -0.4 is 4.74 Å². The standard InChI is InChI=1S/C29H34N2O/c1-22-11-5-6-12-23(22)21-28-30-26-13-7-8-14-27(26)31(28)19-9-10-20-32-25-17-15-24(16-18-25)29(2,3)4/h5-8,11-18H,9-10,19-21H2,1-4H3. The van der Waals surface area contributed by atoms with Crippen LogP contribution in [-0.4, -0.2) is 16.2 Å². The van der Waals surface area contributed by atoms with Gasteiger partial charge in [-0.3, -0.25) is 0 Å². The Morgan fingerprint density at radius 3 is 2.31 bits per heavy atom. The number of fused-ring (bicyclic) bond motifs is 1. The van der Waals surface area contributed by atoms with Crippen molar-refractivity contribution >= 4 is 11.0 Å². The number of unbranched alkanes of at least 4 members (excludes halogenated alkanes) is 1. The lowest BCUT2D eigenvalue weighted by atomic mass is 9.87. The average molecular weight is 427 g/mol. The van der Waals surface area contributed by atoms with Gasteiger partial charge in [-0.25, -0.2) is 4.98 Å². The average Bonchev–Trinajstić information content (AvgIpc) is 3.12. The molecule has 3 nitrogen and oxygen atoms in total. The van der Waals surface area contributed by atoms with Crippen LogP contribution >= 0.6 is 0 Å². The lowest BCUT2D eigenvalue weighted by Crippen LogP contribution is -2.10. The number of nitrogens with zero attached hydrogens (tertiary/aromatic N) is 2. The highest BCUT2D eigenvalue weighted by Gasteiger charge is 2.13. The Morgan fingerprint density at radius 2 is 1.56 bits per heavy atom. The highest BCUT2D eigenvalue weighted by molar-refractivity contribution is 5.76. The molecule has 166 valence electrons. The largest absolute Gasteiger partial charge is 0.494 e. The molecule has 32 heavy (non-hydrogen) atoms. The summed E-state index contributed by atoms with van der Waals surface area (Å²) >= 11 is 0. The number of benzene rings is 3. The van der Waals surface area contributed by atoms with Crippen molar-refractivity contribution in [1.82, 2.24) is 9.55 Å². The van der Waals surface area contributed by atoms with Gasteiger partial charge in [-0.15, -0.1) is 0 Å². The van der Waals surface area contributed by atoms with Crippen molar-refractivity contribution in [2.24, 2.45) is 0 Å². The molecule has 3 heteroatoms. The van der Waals surface area contributed by atoms with E-state index in [1.54, 1.807) is 0 Å². The maximum Gasteiger partial charge on any atom is 0.119 e. The van der Waals surface area contributed by atoms with Gasteiger partial charge in [0, 0.05) is 13.0 Å². The lowest BCUT2D eigenvalue weighted by molar-refractivity contribution is 0.303. The number of hydrogen-bond acceptors (Lipinski definition) is 2. The van der Waals surface area contributed by atoms with Crippen molar-refractivity contribution in [3.63, 3.8) is 0 Å². The van der Waals surface area contributed by atoms with Gasteiger partial charge in [0.25, 0.3) is 0 Å². The van der Waals surface area contributed by atoms with Crippen molar-refractivity contribution in [2.75, 3.05) is 6.61 Å². The van der Waals surface area contributed by atoms with Crippen LogP contribution in [0, 0.1) is 6.92 Å². The van der Waals surface area contributed by atoms with Crippen LogP contribution in [0.25, 0.3) is 11.0 Å². The highest BCUT2D eigenvalue weighted by atomic mass is 16.5. The number of rotatable bonds is 8. The molecule has 0 aliphatic heterocycles. The van der Waals surface area contributed by atoms with E-state index in [2.05, 4.69) is 105 Å². The monoisotopic (exact) mass is 426 g/mol. The molecular weight excluding hydrogens is 392 g/mol. The summed E-state index contributed by atoms with van der Waals surface area (Å²) in [5, 5.41) is 0. The Morgan fingerprint density at radius 1 is 0.844 bits per heavy atom. The van der Waals surface area contributed by atoms with Crippen molar-refractivity contribution in [3.8, 4) is 5.75 Å². The van der Waals surface area contributed by atoms with Gasteiger partial charge in [0.15, 0.2) is 0 Å². The summed E-state index contributed by atoms with van der Waals surface area (Å²) in [6, 6.07) is 25.6. The van der Waals surface area contributed by atoms with Crippen LogP contribution in [0.4, 0.5) is 0 Å². The maximum absolute atomic E-state index is 6.00. The van der Waals surface area contributed by atoms with Crippen LogP contribution in [0.2, 0.25) is 0 Å². The third-order valence-electron chi connectivity index (χ3n) is 6.11. The molecule has 0 radical (unpaired) electrons. The predicted octanol–water partition coefficient (Wildman–Crippen LogP) is 7.09. The summed E-state index contributed by atoms with van der Waals surface area (Å²) in [4.78, 5) is 4.96. The molecule has 0 spiro atoms. The van der Waals surface area contributed by atoms with Crippen molar-refractivity contribution in [2.45, 2.75) is 58.9 Å². The fourth-order valence-corrected chi connectivity index (χ4v) is 4.10. The first-order valence-electron chi connectivity index (χ1n) is 11.6. The molecule has 0 N–H and O–H groups in total. The molecule has 0 unspecified atom stereocenters. The van der Waals surface area contributed by atoms with Gasteiger partial charge in [0.2, 0.25) is 0 Å². The number of para-hydroxylation sites is 2. The van der Waals surface area contributed by atoms with E-state index in [1.807, 2.05) is 0 Å². The number of hydrogen-bond donors (Lipinski definition) is 0. The van der Waals surface area contributed by atoms with E-state index in [0.717, 1.165) is 49.5 Å². The zero-order chi connectivity index (χ0) is 22.6. The smallest absolute Gasteiger partial charge is 0.119 e. The van der Waals surface area contributed by atoms with Gasteiger partial charge < -0.3 is 9.30 Å². The topological polar surface area (TPSA) is 27.1 Å². The Hall–Kier alpha value is -3.07. The van der Waals surface area contributed by atoms with Gasteiger partial charge in [-0.1, -0.05) is 69.3 Å². The van der Waals surface area contributed by atoms with Gasteiger partial charge in [0.05, 0.1) is 17.6 Å². The highest BCUT2D eigenvalue weighted by Crippen LogP contribution is 2.24. The predicted molar refractivity (Wildman–Crippen MR) is 134 cm³/mol. The fraction of sp³-hybridized carbons (Fsp3) is 0.345. The summed E-state index contributed by atoms with van der Waals surface area (Å²) < 4.78 is 8.39. The molecule has 0 fully saturated rings. The Labute approximate surface area is 192 Å². The van der Waals surface area contributed by atoms with Gasteiger partial charge in [-0.05, 0) is 66.1 Å². The normalized spacial score (nSPS) is 11.8. The molecule has 1 heterocycles. The first-order chi connectivity index (χ1) is 15.4. The first-order valence-corrected chi connectivity index (χ1v) is 11.6. The summed E-state index contributed by atoms with van der Waals surface area (Å²) in [5.41, 5.74) is 6.45. The molecule has 0 saturated carbocycles. The summed E-state index contributed by atoms with van der Waals surface area (Å²) in [7, 11) is 0. The van der Waals surface area contributed by atoms with Crippen molar-refractivity contribution in [1.29, 1.82) is 0 Å². The van der Waals surface area contributed by atoms with E-state index >= 15 is 0 Å². The molecule has 0 atom stereocenters. The zero-order valence-corrected chi connectivity index (χ0v) is 19.8. The van der Waals surface area contributed by atoms with E-state index in [0.29, 0.717) is 0 Å². The van der Waals surface area contributed by atoms with Gasteiger partial charge in [0.1, 0.15) is 11.6 Å². The first kappa shape index (κ1) is 22.1. The second-order valence-corrected chi connectivity index (χ2v) is 9.60. The second kappa shape index (κ2) is 9.60. The quantitative estimate of drug-likeness (QED) is 0.281. The molecule has 0 amide bonds. The number of imidazole rings is 1. The lowest BCUT2D eigenvalue weighted by Gasteiger charge is -2.19. The van der Waals surface area contributed by atoms with E-state index in [-0.39, 0.29) is 5.41 Å². The Bertz CT molecular complexity index is 1170. The molecule has 1 aromatic heterocycles. The van der Waals surface area contributed by atoms with Gasteiger partial charge in [-0.2, -0.15) is 0 Å². The second-order valence-electron chi connectivity index (χ2n) is 9.60. The summed E-state index contributed by atoms with van der Waals surface area (Å²) in [5.74, 6) is 2.09. The third kappa shape index (κ3) is 5.21. The van der Waals surface area contributed by atoms with Gasteiger partial charge >= 0.3 is 0 Å². The van der Waals surface area contributed by atoms with E-state index in [9.17, 15) is 0 Å².